The van der Waals surface area contributed by atoms with Crippen molar-refractivity contribution in [1.29, 1.82) is 10.5 Å². The minimum absolute atomic E-state index is 0.137. The van der Waals surface area contributed by atoms with Gasteiger partial charge >= 0.3 is 0 Å². The van der Waals surface area contributed by atoms with Gasteiger partial charge in [-0.15, -0.1) is 0 Å². The summed E-state index contributed by atoms with van der Waals surface area (Å²) in [5.74, 6) is 0. The van der Waals surface area contributed by atoms with E-state index < -0.39 is 95.3 Å². The number of hydrogen-bond donors (Lipinski definition) is 0. The lowest BCUT2D eigenvalue weighted by Gasteiger charge is -2.46. The predicted octanol–water partition coefficient (Wildman–Crippen LogP) is 23.6. The molecule has 7 heteroatoms. The van der Waals surface area contributed by atoms with Gasteiger partial charge in [0, 0.05) is 66.8 Å². The van der Waals surface area contributed by atoms with Crippen molar-refractivity contribution in [2.75, 3.05) is 9.80 Å². The molecule has 0 fully saturated rings. The summed E-state index contributed by atoms with van der Waals surface area (Å²) in [5, 5.41) is 24.5. The van der Waals surface area contributed by atoms with Gasteiger partial charge in [0.05, 0.1) is 65.7 Å². The van der Waals surface area contributed by atoms with Gasteiger partial charge in [-0.05, 0) is 191 Å². The number of fused-ring (bicyclic) bond motifs is 10. The van der Waals surface area contributed by atoms with Gasteiger partial charge in [0.15, 0.2) is 0 Å². The Morgan fingerprint density at radius 3 is 1.44 bits per heavy atom. The van der Waals surface area contributed by atoms with Crippen molar-refractivity contribution in [3.63, 3.8) is 0 Å². The number of nitriles is 2. The summed E-state index contributed by atoms with van der Waals surface area (Å²) < 4.78 is 108. The van der Waals surface area contributed by atoms with E-state index in [1.165, 1.54) is 15.7 Å². The van der Waals surface area contributed by atoms with E-state index >= 15 is 0 Å². The van der Waals surface area contributed by atoms with Crippen LogP contribution in [-0.2, 0) is 21.7 Å². The van der Waals surface area contributed by atoms with E-state index in [2.05, 4.69) is 255 Å². The monoisotopic (exact) mass is 1340 g/mol. The molecule has 2 aliphatic heterocycles. The molecular weight excluding hydrogens is 1250 g/mol. The van der Waals surface area contributed by atoms with E-state index in [4.69, 9.17) is 4.11 Å². The third-order valence-corrected chi connectivity index (χ3v) is 20.9. The average Bonchev–Trinajstić information content (AvgIpc) is 1.47. The van der Waals surface area contributed by atoms with Gasteiger partial charge in [0.2, 0.25) is 0 Å². The Balaban J connectivity index is 1.07. The van der Waals surface area contributed by atoms with Crippen LogP contribution in [0.5, 0.6) is 0 Å². The highest BCUT2D eigenvalue weighted by Gasteiger charge is 2.46. The second-order valence-electron chi connectivity index (χ2n) is 31.6. The molecule has 0 saturated heterocycles. The fraction of sp³-hybridized carbons (Fsp3) is 0.167. The Morgan fingerprint density at radius 1 is 0.340 bits per heavy atom. The highest BCUT2D eigenvalue weighted by molar-refractivity contribution is 7.00. The molecule has 103 heavy (non-hydrogen) atoms. The smallest absolute Gasteiger partial charge is 0.252 e. The Kier molecular flexibility index (Phi) is 12.3. The minimum Gasteiger partial charge on any atom is -0.310 e. The first-order valence-electron chi connectivity index (χ1n) is 40.7. The van der Waals surface area contributed by atoms with E-state index in [9.17, 15) is 21.5 Å². The topological polar surface area (TPSA) is 63.9 Å². The summed E-state index contributed by atoms with van der Waals surface area (Å²) in [4.78, 5) is 4.67. The summed E-state index contributed by atoms with van der Waals surface area (Å²) in [7, 11) is 0. The molecule has 0 radical (unpaired) electrons. The van der Waals surface area contributed by atoms with Crippen LogP contribution in [0.3, 0.4) is 0 Å². The molecule has 17 rings (SSSR count). The second kappa shape index (κ2) is 23.9. The maximum Gasteiger partial charge on any atom is 0.252 e. The van der Waals surface area contributed by atoms with E-state index in [0.29, 0.717) is 16.9 Å². The number of aromatic nitrogens is 2. The lowest BCUT2D eigenvalue weighted by molar-refractivity contribution is 0.569. The fourth-order valence-electron chi connectivity index (χ4n) is 15.4. The predicted molar refractivity (Wildman–Crippen MR) is 435 cm³/mol. The van der Waals surface area contributed by atoms with Crippen molar-refractivity contribution in [1.82, 2.24) is 9.13 Å². The molecule has 13 aromatic carbocycles. The third kappa shape index (κ3) is 10.7. The zero-order valence-corrected chi connectivity index (χ0v) is 59.9. The molecule has 0 spiro atoms. The molecule has 15 aromatic rings. The number of para-hydroxylation sites is 2. The molecule has 498 valence electrons. The maximum atomic E-state index is 12.0. The van der Waals surface area contributed by atoms with Gasteiger partial charge in [0.1, 0.15) is 6.07 Å². The second-order valence-corrected chi connectivity index (χ2v) is 31.6. The molecule has 6 nitrogen and oxygen atoms in total. The number of hydrogen-bond acceptors (Lipinski definition) is 4. The van der Waals surface area contributed by atoms with Gasteiger partial charge in [-0.2, -0.15) is 10.5 Å². The molecule has 0 bridgehead atoms. The summed E-state index contributed by atoms with van der Waals surface area (Å²) in [6.07, 6.45) is 0. The third-order valence-electron chi connectivity index (χ3n) is 20.9. The van der Waals surface area contributed by atoms with Gasteiger partial charge < -0.3 is 18.9 Å². The van der Waals surface area contributed by atoms with Crippen molar-refractivity contribution in [3.05, 3.63) is 306 Å². The Hall–Kier alpha value is -11.9. The van der Waals surface area contributed by atoms with Gasteiger partial charge in [0.25, 0.3) is 6.71 Å². The quantitative estimate of drug-likeness (QED) is 0.142. The van der Waals surface area contributed by atoms with Crippen LogP contribution in [0.25, 0.3) is 99.5 Å². The first-order chi connectivity index (χ1) is 54.1. The molecule has 0 atom stereocenters. The average molecular weight is 1340 g/mol. The lowest BCUT2D eigenvalue weighted by Crippen LogP contribution is -2.61. The molecule has 0 amide bonds. The van der Waals surface area contributed by atoms with Gasteiger partial charge in [-0.3, -0.25) is 0 Å². The first kappa shape index (κ1) is 53.0. The highest BCUT2D eigenvalue weighted by atomic mass is 15.2. The number of benzene rings is 13. The van der Waals surface area contributed by atoms with Crippen molar-refractivity contribution >= 4 is 101 Å². The molecule has 4 heterocycles. The summed E-state index contributed by atoms with van der Waals surface area (Å²) in [5.41, 5.74) is 17.8. The summed E-state index contributed by atoms with van der Waals surface area (Å²) in [6, 6.07) is 70.3. The minimum atomic E-state index is -0.720. The maximum absolute atomic E-state index is 12.0. The van der Waals surface area contributed by atoms with Crippen LogP contribution in [0.1, 0.15) is 132 Å². The van der Waals surface area contributed by atoms with Crippen LogP contribution in [0, 0.1) is 22.7 Å². The van der Waals surface area contributed by atoms with E-state index in [1.807, 2.05) is 60.7 Å². The number of anilines is 6. The van der Waals surface area contributed by atoms with Crippen LogP contribution in [0.15, 0.2) is 273 Å². The molecule has 0 aliphatic carbocycles. The largest absolute Gasteiger partial charge is 0.310 e. The lowest BCUT2D eigenvalue weighted by atomic mass is 9.33. The Bertz CT molecular complexity index is 6600. The molecule has 2 aromatic heterocycles. The highest BCUT2D eigenvalue weighted by Crippen LogP contribution is 2.54. The fourth-order valence-corrected chi connectivity index (χ4v) is 15.4. The summed E-state index contributed by atoms with van der Waals surface area (Å²) in [6.45, 7) is 26.3. The Labute approximate surface area is 621 Å². The van der Waals surface area contributed by atoms with Crippen LogP contribution in [0.2, 0.25) is 0 Å². The zero-order valence-electron chi connectivity index (χ0n) is 70.9. The molecule has 0 unspecified atom stereocenters. The van der Waals surface area contributed by atoms with Crippen LogP contribution < -0.4 is 26.2 Å². The van der Waals surface area contributed by atoms with Crippen LogP contribution in [-0.4, -0.2) is 15.8 Å². The van der Waals surface area contributed by atoms with Crippen LogP contribution >= 0.6 is 0 Å². The first-order valence-corrected chi connectivity index (χ1v) is 35.2. The van der Waals surface area contributed by atoms with Crippen molar-refractivity contribution in [3.8, 4) is 68.0 Å². The molecular formula is C96H81BN6. The van der Waals surface area contributed by atoms with Gasteiger partial charge in [-0.25, -0.2) is 0 Å². The van der Waals surface area contributed by atoms with E-state index in [0.717, 1.165) is 111 Å². The molecule has 2 aliphatic rings. The Morgan fingerprint density at radius 2 is 0.854 bits per heavy atom. The number of nitrogens with zero attached hydrogens (tertiary/aromatic N) is 6. The van der Waals surface area contributed by atoms with Crippen molar-refractivity contribution in [2.24, 2.45) is 0 Å². The molecule has 0 N–H and O–H groups in total. The molecule has 0 saturated carbocycles. The van der Waals surface area contributed by atoms with Crippen LogP contribution in [0.4, 0.5) is 34.1 Å². The zero-order chi connectivity index (χ0) is 80.7. The van der Waals surface area contributed by atoms with E-state index in [1.54, 1.807) is 0 Å². The SMILES string of the molecule is [2H]c1c([2H])c([2H])c(-c2c([2H])c([2H])c3c4c([2H])c(C#N)c([2H])c([2H])c4n(-c4ccc5c(c4)N(c4cc(-n6c7ccccc7c7ccccc76)ccc4C#N)c4cc(C(C)(C)C)cc6c4B5c4ccc(-c5cc(C(C)(C)C)cc(C(C)(C)C)c5)cc4N6c4c(-c5ccccc5)cc(C(C)(C)C)cc4-c4ccccc4)c3c2[2H])c([2H])c1[2H]. The van der Waals surface area contributed by atoms with Crippen molar-refractivity contribution < 1.29 is 15.1 Å². The normalized spacial score (nSPS) is 14.5. The standard InChI is InChI=1S/C96H81BN6/c1-93(2,3)68-47-67(48-69(51-68)94(4,5)6)65-39-43-80-87(50-65)103(92-77(62-28-18-14-19-29-62)52-70(95(7,8)9)53-78(92)63-30-20-15-21-31-63)90-55-71(96(10,11)12)54-89-91(90)97(80)81-44-41-73(101-84-45-36-60(58-98)46-79(84)76-42-38-64(49-86(76)101)61-26-16-13-17-27-61)57-88(81)102(89)85-56-72(40-37-66(85)59-99)100-82-34-24-22-32-74(82)75-33-23-25-35-83(75)100/h13-57H,1-12H3/i13D,16D,17D,26D,27D,36D,38D,42D,45D,46D,49D. The van der Waals surface area contributed by atoms with E-state index in [-0.39, 0.29) is 43.7 Å². The van der Waals surface area contributed by atoms with Gasteiger partial charge in [-0.1, -0.05) is 259 Å². The number of rotatable bonds is 8. The summed E-state index contributed by atoms with van der Waals surface area (Å²) >= 11 is 0. The van der Waals surface area contributed by atoms with Crippen molar-refractivity contribution in [2.45, 2.75) is 105 Å².